The van der Waals surface area contributed by atoms with Crippen LogP contribution in [0.3, 0.4) is 0 Å². The second-order valence-corrected chi connectivity index (χ2v) is 4.74. The Morgan fingerprint density at radius 3 is 2.57 bits per heavy atom. The van der Waals surface area contributed by atoms with Gasteiger partial charge < -0.3 is 4.74 Å². The molecule has 0 bridgehead atoms. The first-order valence-corrected chi connectivity index (χ1v) is 6.94. The predicted molar refractivity (Wildman–Crippen MR) is 79.0 cm³/mol. The summed E-state index contributed by atoms with van der Waals surface area (Å²) in [5.41, 5.74) is 0.532. The van der Waals surface area contributed by atoms with Crippen LogP contribution in [0.1, 0.15) is 30.1 Å². The first-order chi connectivity index (χ1) is 10.1. The number of halogens is 1. The molecule has 1 unspecified atom stereocenters. The van der Waals surface area contributed by atoms with Crippen LogP contribution in [0.2, 0.25) is 0 Å². The van der Waals surface area contributed by atoms with E-state index in [9.17, 15) is 14.0 Å². The normalized spacial score (nSPS) is 12.1. The molecule has 0 aliphatic carbocycles. The van der Waals surface area contributed by atoms with Crippen molar-refractivity contribution in [2.45, 2.75) is 25.9 Å². The van der Waals surface area contributed by atoms with Gasteiger partial charge in [0.2, 0.25) is 0 Å². The molecule has 0 aliphatic heterocycles. The molecule has 0 amide bonds. The van der Waals surface area contributed by atoms with E-state index in [0.29, 0.717) is 5.56 Å². The van der Waals surface area contributed by atoms with Crippen LogP contribution in [0.4, 0.5) is 4.39 Å². The van der Waals surface area contributed by atoms with Gasteiger partial charge in [-0.1, -0.05) is 36.4 Å². The number of rotatable bonds is 6. The van der Waals surface area contributed by atoms with Crippen LogP contribution in [0.25, 0.3) is 10.8 Å². The van der Waals surface area contributed by atoms with E-state index in [4.69, 9.17) is 0 Å². The van der Waals surface area contributed by atoms with Crippen molar-refractivity contribution in [2.75, 3.05) is 6.61 Å². The summed E-state index contributed by atoms with van der Waals surface area (Å²) < 4.78 is 18.1. The summed E-state index contributed by atoms with van der Waals surface area (Å²) in [6, 6.07) is 13.1. The first kappa shape index (κ1) is 15.2. The molecule has 21 heavy (non-hydrogen) atoms. The number of hydrogen-bond donors (Lipinski definition) is 0. The quantitative estimate of drug-likeness (QED) is 0.601. The number of benzene rings is 2. The highest BCUT2D eigenvalue weighted by atomic mass is 19.1. The van der Waals surface area contributed by atoms with E-state index in [1.165, 1.54) is 0 Å². The molecule has 0 heterocycles. The minimum atomic E-state index is -1.74. The van der Waals surface area contributed by atoms with Crippen molar-refractivity contribution in [3.05, 3.63) is 48.0 Å². The van der Waals surface area contributed by atoms with Crippen molar-refractivity contribution in [1.82, 2.24) is 0 Å². The van der Waals surface area contributed by atoms with Gasteiger partial charge in [0.25, 0.3) is 0 Å². The highest BCUT2D eigenvalue weighted by Crippen LogP contribution is 2.18. The Kier molecular flexibility index (Phi) is 5.04. The SMILES string of the molecule is CCOC(=O)C(F)CCC(=O)c1ccc2ccccc2c1. The maximum absolute atomic E-state index is 13.5. The van der Waals surface area contributed by atoms with Crippen LogP contribution >= 0.6 is 0 Å². The zero-order valence-electron chi connectivity index (χ0n) is 11.8. The molecule has 0 spiro atoms. The monoisotopic (exact) mass is 288 g/mol. The minimum absolute atomic E-state index is 0.0156. The molecule has 0 saturated heterocycles. The third kappa shape index (κ3) is 3.88. The highest BCUT2D eigenvalue weighted by molar-refractivity contribution is 6.00. The van der Waals surface area contributed by atoms with Crippen molar-refractivity contribution in [3.8, 4) is 0 Å². The molecule has 0 radical (unpaired) electrons. The molecule has 0 N–H and O–H groups in total. The number of alkyl halides is 1. The number of carbonyl (C=O) groups is 2. The van der Waals surface area contributed by atoms with Crippen molar-refractivity contribution in [1.29, 1.82) is 0 Å². The van der Waals surface area contributed by atoms with E-state index in [-0.39, 0.29) is 25.2 Å². The van der Waals surface area contributed by atoms with E-state index in [2.05, 4.69) is 4.74 Å². The van der Waals surface area contributed by atoms with Gasteiger partial charge in [-0.2, -0.15) is 0 Å². The third-order valence-electron chi connectivity index (χ3n) is 3.24. The molecule has 3 nitrogen and oxygen atoms in total. The zero-order valence-corrected chi connectivity index (χ0v) is 11.8. The van der Waals surface area contributed by atoms with E-state index in [1.807, 2.05) is 30.3 Å². The van der Waals surface area contributed by atoms with Crippen LogP contribution in [0.5, 0.6) is 0 Å². The lowest BCUT2D eigenvalue weighted by Crippen LogP contribution is -2.19. The fourth-order valence-electron chi connectivity index (χ4n) is 2.12. The molecule has 0 fully saturated rings. The Balaban J connectivity index is 2.00. The molecule has 110 valence electrons. The smallest absolute Gasteiger partial charge is 0.340 e. The maximum Gasteiger partial charge on any atom is 0.340 e. The van der Waals surface area contributed by atoms with Crippen LogP contribution in [0, 0.1) is 0 Å². The second kappa shape index (κ2) is 6.97. The van der Waals surface area contributed by atoms with Crippen LogP contribution < -0.4 is 0 Å². The number of carbonyl (C=O) groups excluding carboxylic acids is 2. The van der Waals surface area contributed by atoms with E-state index in [1.54, 1.807) is 19.1 Å². The van der Waals surface area contributed by atoms with Gasteiger partial charge in [-0.3, -0.25) is 4.79 Å². The topological polar surface area (TPSA) is 43.4 Å². The average molecular weight is 288 g/mol. The average Bonchev–Trinajstić information content (AvgIpc) is 2.52. The first-order valence-electron chi connectivity index (χ1n) is 6.94. The van der Waals surface area contributed by atoms with Gasteiger partial charge in [0.15, 0.2) is 12.0 Å². The van der Waals surface area contributed by atoms with Gasteiger partial charge in [0.1, 0.15) is 0 Å². The Labute approximate surface area is 122 Å². The van der Waals surface area contributed by atoms with Crippen molar-refractivity contribution in [3.63, 3.8) is 0 Å². The Morgan fingerprint density at radius 2 is 1.86 bits per heavy atom. The van der Waals surface area contributed by atoms with Crippen LogP contribution in [0.15, 0.2) is 42.5 Å². The largest absolute Gasteiger partial charge is 0.464 e. The Morgan fingerprint density at radius 1 is 1.14 bits per heavy atom. The summed E-state index contributed by atoms with van der Waals surface area (Å²) in [4.78, 5) is 23.2. The van der Waals surface area contributed by atoms with Crippen molar-refractivity contribution >= 4 is 22.5 Å². The molecule has 2 aromatic carbocycles. The summed E-state index contributed by atoms with van der Waals surface area (Å²) in [5.74, 6) is -1.07. The summed E-state index contributed by atoms with van der Waals surface area (Å²) in [7, 11) is 0. The summed E-state index contributed by atoms with van der Waals surface area (Å²) in [6.45, 7) is 1.75. The highest BCUT2D eigenvalue weighted by Gasteiger charge is 2.20. The Bertz CT molecular complexity index is 651. The molecule has 1 atom stereocenters. The van der Waals surface area contributed by atoms with Gasteiger partial charge in [-0.15, -0.1) is 0 Å². The van der Waals surface area contributed by atoms with Crippen molar-refractivity contribution in [2.24, 2.45) is 0 Å². The summed E-state index contributed by atoms with van der Waals surface area (Å²) in [5, 5.41) is 2.01. The lowest BCUT2D eigenvalue weighted by atomic mass is 10.0. The number of ketones is 1. The minimum Gasteiger partial charge on any atom is -0.464 e. The lowest BCUT2D eigenvalue weighted by molar-refractivity contribution is -0.149. The number of Topliss-reactive ketones (excluding diaryl/α,β-unsaturated/α-hetero) is 1. The van der Waals surface area contributed by atoms with Gasteiger partial charge in [-0.05, 0) is 30.2 Å². The molecule has 0 saturated carbocycles. The number of ether oxygens (including phenoxy) is 1. The number of fused-ring (bicyclic) bond motifs is 1. The van der Waals surface area contributed by atoms with Crippen LogP contribution in [-0.2, 0) is 9.53 Å². The standard InChI is InChI=1S/C17H17FO3/c1-2-21-17(20)15(18)9-10-16(19)14-8-7-12-5-3-4-6-13(12)11-14/h3-8,11,15H,2,9-10H2,1H3. The van der Waals surface area contributed by atoms with Gasteiger partial charge in [0.05, 0.1) is 6.61 Å². The van der Waals surface area contributed by atoms with Gasteiger partial charge >= 0.3 is 5.97 Å². The van der Waals surface area contributed by atoms with Crippen LogP contribution in [-0.4, -0.2) is 24.5 Å². The molecule has 0 aliphatic rings. The van der Waals surface area contributed by atoms with E-state index < -0.39 is 12.1 Å². The molecule has 2 rings (SSSR count). The fraction of sp³-hybridized carbons (Fsp3) is 0.294. The Hall–Kier alpha value is -2.23. The summed E-state index contributed by atoms with van der Waals surface area (Å²) >= 11 is 0. The zero-order chi connectivity index (χ0) is 15.2. The number of esters is 1. The van der Waals surface area contributed by atoms with Gasteiger partial charge in [-0.25, -0.2) is 9.18 Å². The van der Waals surface area contributed by atoms with E-state index in [0.717, 1.165) is 10.8 Å². The molecular formula is C17H17FO3. The lowest BCUT2D eigenvalue weighted by Gasteiger charge is -2.07. The van der Waals surface area contributed by atoms with Gasteiger partial charge in [0, 0.05) is 12.0 Å². The molecular weight excluding hydrogens is 271 g/mol. The van der Waals surface area contributed by atoms with Crippen molar-refractivity contribution < 1.29 is 18.7 Å². The van der Waals surface area contributed by atoms with E-state index >= 15 is 0 Å². The third-order valence-corrected chi connectivity index (χ3v) is 3.24. The number of hydrogen-bond acceptors (Lipinski definition) is 3. The molecule has 0 aromatic heterocycles. The second-order valence-electron chi connectivity index (χ2n) is 4.74. The summed E-state index contributed by atoms with van der Waals surface area (Å²) in [6.07, 6.45) is -1.91. The fourth-order valence-corrected chi connectivity index (χ4v) is 2.12. The predicted octanol–water partition coefficient (Wildman–Crippen LogP) is 3.70. The molecule has 2 aromatic rings. The molecule has 4 heteroatoms. The maximum atomic E-state index is 13.5.